The molecule has 266 valence electrons. The summed E-state index contributed by atoms with van der Waals surface area (Å²) in [6, 6.07) is 19.5. The van der Waals surface area contributed by atoms with Gasteiger partial charge in [0.1, 0.15) is 25.2 Å². The number of likely N-dealkylation sites (N-methyl/N-ethyl adjacent to an activating group) is 2. The molecule has 4 unspecified atom stereocenters. The molecule has 0 aromatic heterocycles. The first-order chi connectivity index (χ1) is 23.5. The SMILES string of the molecule is CC(=O)OC1(C#N)CCCCC1C[N+](C)(C)CC(=O)c1ccc(-c2ccc(C(=O)C[N+](C)(C)CC3CCCCC3(C#N)OC(C)=O)cc2)cc1. The van der Waals surface area contributed by atoms with E-state index < -0.39 is 23.1 Å². The van der Waals surface area contributed by atoms with Crippen LogP contribution in [0.25, 0.3) is 11.1 Å². The normalized spacial score (nSPS) is 23.9. The molecular weight excluding hydrogens is 632 g/mol. The molecule has 2 fully saturated rings. The first kappa shape index (κ1) is 38.4. The highest BCUT2D eigenvalue weighted by Crippen LogP contribution is 2.39. The number of esters is 2. The summed E-state index contributed by atoms with van der Waals surface area (Å²) in [5, 5.41) is 20.0. The van der Waals surface area contributed by atoms with Crippen LogP contribution in [0.1, 0.15) is 85.9 Å². The predicted molar refractivity (Wildman–Crippen MR) is 188 cm³/mol. The van der Waals surface area contributed by atoms with Gasteiger partial charge in [0.15, 0.2) is 0 Å². The maximum absolute atomic E-state index is 13.4. The third kappa shape index (κ3) is 9.44. The molecular formula is C40H52N4O6+2. The zero-order chi connectivity index (χ0) is 36.7. The van der Waals surface area contributed by atoms with Crippen LogP contribution in [0.5, 0.6) is 0 Å². The van der Waals surface area contributed by atoms with Crippen LogP contribution in [0.3, 0.4) is 0 Å². The lowest BCUT2D eigenvalue weighted by molar-refractivity contribution is -0.886. The van der Waals surface area contributed by atoms with Crippen molar-refractivity contribution in [1.29, 1.82) is 10.5 Å². The van der Waals surface area contributed by atoms with Crippen LogP contribution >= 0.6 is 0 Å². The van der Waals surface area contributed by atoms with Crippen molar-refractivity contribution in [3.8, 4) is 23.3 Å². The summed E-state index contributed by atoms with van der Waals surface area (Å²) in [7, 11) is 7.88. The largest absolute Gasteiger partial charge is 0.443 e. The van der Waals surface area contributed by atoms with Gasteiger partial charge in [-0.1, -0.05) is 61.4 Å². The third-order valence-electron chi connectivity index (χ3n) is 10.4. The van der Waals surface area contributed by atoms with Crippen LogP contribution in [-0.2, 0) is 19.1 Å². The number of nitrogens with zero attached hydrogens (tertiary/aromatic N) is 4. The smallest absolute Gasteiger partial charge is 0.304 e. The van der Waals surface area contributed by atoms with Gasteiger partial charge in [-0.15, -0.1) is 0 Å². The molecule has 2 aliphatic rings. The highest BCUT2D eigenvalue weighted by molar-refractivity contribution is 5.98. The maximum atomic E-state index is 13.4. The maximum Gasteiger partial charge on any atom is 0.304 e. The summed E-state index contributed by atoms with van der Waals surface area (Å²) >= 11 is 0. The monoisotopic (exact) mass is 684 g/mol. The van der Waals surface area contributed by atoms with E-state index in [1.54, 1.807) is 0 Å². The van der Waals surface area contributed by atoms with Gasteiger partial charge in [-0.25, -0.2) is 0 Å². The zero-order valence-corrected chi connectivity index (χ0v) is 30.5. The number of ether oxygens (including phenoxy) is 2. The van der Waals surface area contributed by atoms with Crippen molar-refractivity contribution in [1.82, 2.24) is 0 Å². The van der Waals surface area contributed by atoms with Crippen molar-refractivity contribution in [2.45, 2.75) is 76.4 Å². The van der Waals surface area contributed by atoms with E-state index >= 15 is 0 Å². The Morgan fingerprint density at radius 2 is 0.980 bits per heavy atom. The van der Waals surface area contributed by atoms with Crippen LogP contribution in [-0.4, -0.2) is 98.0 Å². The van der Waals surface area contributed by atoms with Crippen LogP contribution in [0.15, 0.2) is 48.5 Å². The minimum absolute atomic E-state index is 0.0119. The van der Waals surface area contributed by atoms with Gasteiger partial charge in [-0.3, -0.25) is 19.2 Å². The van der Waals surface area contributed by atoms with Crippen molar-refractivity contribution in [3.05, 3.63) is 59.7 Å². The van der Waals surface area contributed by atoms with Crippen LogP contribution < -0.4 is 0 Å². The van der Waals surface area contributed by atoms with Gasteiger partial charge in [0.05, 0.1) is 53.1 Å². The summed E-state index contributed by atoms with van der Waals surface area (Å²) in [4.78, 5) is 50.4. The Kier molecular flexibility index (Phi) is 12.0. The van der Waals surface area contributed by atoms with E-state index in [1.807, 2.05) is 76.7 Å². The van der Waals surface area contributed by atoms with Gasteiger partial charge in [0, 0.05) is 37.8 Å². The van der Waals surface area contributed by atoms with E-state index in [0.717, 1.165) is 49.7 Å². The van der Waals surface area contributed by atoms with E-state index in [1.165, 1.54) is 13.8 Å². The first-order valence-electron chi connectivity index (χ1n) is 17.7. The topological polar surface area (TPSA) is 134 Å². The lowest BCUT2D eigenvalue weighted by atomic mass is 9.75. The molecule has 0 amide bonds. The van der Waals surface area contributed by atoms with E-state index in [9.17, 15) is 29.7 Å². The molecule has 4 atom stereocenters. The lowest BCUT2D eigenvalue weighted by Gasteiger charge is -2.42. The zero-order valence-electron chi connectivity index (χ0n) is 30.5. The Balaban J connectivity index is 1.37. The highest BCUT2D eigenvalue weighted by atomic mass is 16.6. The number of Topliss-reactive ketones (excluding diaryl/α,β-unsaturated/α-hetero) is 2. The summed E-state index contributed by atoms with van der Waals surface area (Å²) in [6.07, 6.45) is 6.15. The number of quaternary nitrogens is 2. The Morgan fingerprint density at radius 3 is 1.28 bits per heavy atom. The molecule has 2 aliphatic carbocycles. The number of rotatable bonds is 13. The molecule has 10 nitrogen and oxygen atoms in total. The third-order valence-corrected chi connectivity index (χ3v) is 10.4. The predicted octanol–water partition coefficient (Wildman–Crippen LogP) is 5.90. The summed E-state index contributed by atoms with van der Waals surface area (Å²) in [6.45, 7) is 4.24. The first-order valence-corrected chi connectivity index (χ1v) is 17.7. The molecule has 4 rings (SSSR count). The molecule has 50 heavy (non-hydrogen) atoms. The second-order valence-corrected chi connectivity index (χ2v) is 15.6. The van der Waals surface area contributed by atoms with Crippen LogP contribution in [0, 0.1) is 34.5 Å². The highest BCUT2D eigenvalue weighted by Gasteiger charge is 2.48. The van der Waals surface area contributed by atoms with Crippen LogP contribution in [0.4, 0.5) is 0 Å². The van der Waals surface area contributed by atoms with Crippen molar-refractivity contribution in [3.63, 3.8) is 0 Å². The Hall–Kier alpha value is -4.38. The number of ketones is 2. The molecule has 0 heterocycles. The number of hydrogen-bond acceptors (Lipinski definition) is 8. The molecule has 0 saturated heterocycles. The molecule has 0 N–H and O–H groups in total. The average molecular weight is 685 g/mol. The quantitative estimate of drug-likeness (QED) is 0.145. The number of carbonyl (C=O) groups is 4. The second-order valence-electron chi connectivity index (χ2n) is 15.6. The standard InChI is InChI=1S/C40H52N4O6/c1-29(45)49-39(27-41)21-9-7-11-35(39)23-43(3,4)25-37(47)33-17-13-31(14-18-33)32-15-19-34(20-16-32)38(48)26-44(5,6)24-36-12-8-10-22-40(36,28-42)50-30(2)46/h13-20,35-36H,7-12,21-26H2,1-6H3/q+2. The summed E-state index contributed by atoms with van der Waals surface area (Å²) < 4.78 is 11.9. The van der Waals surface area contributed by atoms with Crippen LogP contribution in [0.2, 0.25) is 0 Å². The Morgan fingerprint density at radius 1 is 0.640 bits per heavy atom. The minimum atomic E-state index is -1.15. The Bertz CT molecular complexity index is 1530. The molecule has 0 radical (unpaired) electrons. The van der Waals surface area contributed by atoms with E-state index in [-0.39, 0.29) is 36.5 Å². The number of benzene rings is 2. The number of carbonyl (C=O) groups excluding carboxylic acids is 4. The van der Waals surface area contributed by atoms with Crippen molar-refractivity contribution in [2.75, 3.05) is 54.4 Å². The van der Waals surface area contributed by atoms with Crippen molar-refractivity contribution < 1.29 is 37.6 Å². The lowest BCUT2D eigenvalue weighted by Crippen LogP contribution is -2.54. The molecule has 0 aliphatic heterocycles. The molecule has 0 bridgehead atoms. The fourth-order valence-electron chi connectivity index (χ4n) is 8.01. The molecule has 2 aromatic carbocycles. The van der Waals surface area contributed by atoms with Gasteiger partial charge < -0.3 is 18.4 Å². The van der Waals surface area contributed by atoms with Gasteiger partial charge in [0.2, 0.25) is 22.8 Å². The molecule has 0 spiro atoms. The summed E-state index contributed by atoms with van der Waals surface area (Å²) in [5.41, 5.74) is 0.730. The number of nitriles is 2. The fraction of sp³-hybridized carbons (Fsp3) is 0.550. The van der Waals surface area contributed by atoms with Crippen molar-refractivity contribution in [2.24, 2.45) is 11.8 Å². The van der Waals surface area contributed by atoms with E-state index in [4.69, 9.17) is 9.47 Å². The van der Waals surface area contributed by atoms with Crippen molar-refractivity contribution >= 4 is 23.5 Å². The molecule has 2 aromatic rings. The van der Waals surface area contributed by atoms with E-state index in [2.05, 4.69) is 12.1 Å². The van der Waals surface area contributed by atoms with Gasteiger partial charge in [0.25, 0.3) is 0 Å². The molecule has 10 heteroatoms. The van der Waals surface area contributed by atoms with Gasteiger partial charge in [-0.05, 0) is 36.8 Å². The Labute approximate surface area is 296 Å². The fourth-order valence-corrected chi connectivity index (χ4v) is 8.01. The summed E-state index contributed by atoms with van der Waals surface area (Å²) in [5.74, 6) is -1.24. The number of hydrogen-bond donors (Lipinski definition) is 0. The average Bonchev–Trinajstić information content (AvgIpc) is 3.05. The second kappa shape index (κ2) is 15.7. The van der Waals surface area contributed by atoms with E-state index in [0.29, 0.717) is 46.0 Å². The van der Waals surface area contributed by atoms with Gasteiger partial charge in [-0.2, -0.15) is 10.5 Å². The molecule has 2 saturated carbocycles. The van der Waals surface area contributed by atoms with Gasteiger partial charge >= 0.3 is 11.9 Å². The minimum Gasteiger partial charge on any atom is -0.443 e.